The Kier molecular flexibility index (Phi) is 19.7. The molecule has 6 aromatic heterocycles. The third kappa shape index (κ3) is 13.2. The molecule has 0 bridgehead atoms. The van der Waals surface area contributed by atoms with Crippen LogP contribution in [0.1, 0.15) is 44.6 Å². The minimum absolute atomic E-state index is 0.467. The predicted molar refractivity (Wildman–Crippen MR) is 621 cm³/mol. The van der Waals surface area contributed by atoms with E-state index in [1.54, 1.807) is 0 Å². The van der Waals surface area contributed by atoms with Crippen molar-refractivity contribution in [1.29, 1.82) is 0 Å². The van der Waals surface area contributed by atoms with Crippen molar-refractivity contribution in [2.45, 2.75) is 33.1 Å². The van der Waals surface area contributed by atoms with Gasteiger partial charge < -0.3 is 0 Å². The van der Waals surface area contributed by atoms with Crippen LogP contribution < -0.4 is 0 Å². The first kappa shape index (κ1) is 85.1. The van der Waals surface area contributed by atoms with Crippen molar-refractivity contribution in [3.63, 3.8) is 0 Å². The van der Waals surface area contributed by atoms with E-state index in [4.69, 9.17) is 29.9 Å². The van der Waals surface area contributed by atoms with Gasteiger partial charge in [-0.1, -0.05) is 418 Å². The number of aryl methyl sites for hydroxylation is 4. The molecule has 2 aliphatic carbocycles. The minimum Gasteiger partial charge on any atom is -0.249 e. The van der Waals surface area contributed by atoms with Gasteiger partial charge in [-0.2, -0.15) is 0 Å². The molecule has 29 aromatic rings. The van der Waals surface area contributed by atoms with Crippen LogP contribution in [0.5, 0.6) is 0 Å². The molecule has 1 spiro atoms. The van der Waals surface area contributed by atoms with Gasteiger partial charge in [0.1, 0.15) is 0 Å². The molecule has 682 valence electrons. The molecule has 0 fully saturated rings. The molecular formula is C137H86N6S3. The zero-order valence-corrected chi connectivity index (χ0v) is 82.6. The first-order valence-electron chi connectivity index (χ1n) is 49.9. The molecule has 0 saturated heterocycles. The summed E-state index contributed by atoms with van der Waals surface area (Å²) >= 11 is 5.60. The summed E-state index contributed by atoms with van der Waals surface area (Å²) in [7, 11) is 0. The molecule has 0 amide bonds. The quantitative estimate of drug-likeness (QED) is 0.141. The van der Waals surface area contributed by atoms with Crippen LogP contribution in [0.4, 0.5) is 0 Å². The Morgan fingerprint density at radius 2 is 0.432 bits per heavy atom. The molecule has 0 radical (unpaired) electrons. The lowest BCUT2D eigenvalue weighted by Crippen LogP contribution is -2.25. The fraction of sp³-hybridized carbons (Fsp3) is 0.0365. The number of nitrogens with zero attached hydrogens (tertiary/aromatic N) is 6. The van der Waals surface area contributed by atoms with Crippen molar-refractivity contribution in [3.05, 3.63) is 494 Å². The fourth-order valence-corrected chi connectivity index (χ4v) is 28.0. The normalized spacial score (nSPS) is 12.4. The van der Waals surface area contributed by atoms with Crippen molar-refractivity contribution in [3.8, 4) is 112 Å². The summed E-state index contributed by atoms with van der Waals surface area (Å²) in [5.41, 5.74) is 37.4. The molecule has 0 unspecified atom stereocenters. The van der Waals surface area contributed by atoms with E-state index in [1.165, 1.54) is 187 Å². The monoisotopic (exact) mass is 1910 g/mol. The molecule has 2 aliphatic rings. The second-order valence-electron chi connectivity index (χ2n) is 38.9. The van der Waals surface area contributed by atoms with E-state index < -0.39 is 5.41 Å². The van der Waals surface area contributed by atoms with E-state index in [0.717, 1.165) is 127 Å². The zero-order chi connectivity index (χ0) is 96.7. The molecule has 146 heavy (non-hydrogen) atoms. The van der Waals surface area contributed by atoms with Gasteiger partial charge in [0, 0.05) is 121 Å². The fourth-order valence-electron chi connectivity index (χ4n) is 24.3. The maximum Gasteiger partial charge on any atom is 0.0979 e. The first-order chi connectivity index (χ1) is 72.1. The van der Waals surface area contributed by atoms with Gasteiger partial charge in [0.25, 0.3) is 0 Å². The summed E-state index contributed by atoms with van der Waals surface area (Å²) in [6.07, 6.45) is 0. The second kappa shape index (κ2) is 33.7. The number of benzene rings is 23. The summed E-state index contributed by atoms with van der Waals surface area (Å²) in [5.74, 6) is 0. The van der Waals surface area contributed by atoms with Crippen LogP contribution in [0.25, 0.3) is 270 Å². The van der Waals surface area contributed by atoms with Crippen molar-refractivity contribution in [1.82, 2.24) is 29.9 Å². The van der Waals surface area contributed by atoms with E-state index in [9.17, 15) is 0 Å². The van der Waals surface area contributed by atoms with Crippen molar-refractivity contribution < 1.29 is 0 Å². The van der Waals surface area contributed by atoms with Crippen molar-refractivity contribution in [2.75, 3.05) is 0 Å². The molecule has 0 aliphatic heterocycles. The van der Waals surface area contributed by atoms with E-state index in [-0.39, 0.29) is 0 Å². The smallest absolute Gasteiger partial charge is 0.0979 e. The number of fused-ring (bicyclic) bond motifs is 37. The standard InChI is InChI=1S/C59H34N2S.C43H30N2S.C35H22N2S/c1-3-23-46-39(17-1)40-18-2-4-24-47(40)57-56(46)60-54(36-16-13-15-35(33-36)38-25-14-26-48-45-22-8-12-30-53(45)62-58(38)48)55(61-57)37-31-32-44-43-21-7-11-29-51(43)59(52(44)34-37)49-27-9-5-19-41(49)42-20-6-10-28-50(42)59;1-25-22-26(2)38(27(3)23-25)42-39(44-40-34-17-6-4-14-31(34)32-15-5-7-18-35(32)41(40)45-42)29-13-10-12-28(24-29)30-19-11-20-36-33-16-8-9-21-37(33)46-43(30)36;1-21-32(37-34-29-13-5-3-10-26(29)25-9-2-4-12-28(25)33(34)36-21)23-19-17-22(18-20-23)24-14-8-15-30-27-11-6-7-16-31(27)38-35(24)30/h1-34H;4-24H,1-3H3;2-20H,1H3. The lowest BCUT2D eigenvalue weighted by atomic mass is 9.70. The number of rotatable bonds is 8. The Bertz CT molecular complexity index is 10500. The lowest BCUT2D eigenvalue weighted by molar-refractivity contribution is 0.794. The van der Waals surface area contributed by atoms with Gasteiger partial charge in [0.05, 0.1) is 72.7 Å². The highest BCUT2D eigenvalue weighted by Gasteiger charge is 2.52. The van der Waals surface area contributed by atoms with E-state index in [1.807, 2.05) is 34.0 Å². The SMILES string of the molecule is Cc1cc(C)c(-c2nc3c4ccccc4c4ccccc4c3nc2-c2cccc(-c3cccc4c3sc3ccccc34)c2)c(C)c1.Cc1nc2c3ccccc3c3ccccc3c2nc1-c1ccc(-c2cccc3c2sc2ccccc23)cc1.c1cc(-c2nc3c4ccccc4c4ccccc4c3nc2-c2ccc3c(c2)C2(c4ccccc4-c4ccccc42)c2ccccc2-3)cc(-c2cccc3c2sc2ccccc23)c1. The maximum absolute atomic E-state index is 5.80. The van der Waals surface area contributed by atoms with Crippen LogP contribution in [0, 0.1) is 27.7 Å². The summed E-state index contributed by atoms with van der Waals surface area (Å²) in [6.45, 7) is 8.62. The van der Waals surface area contributed by atoms with Gasteiger partial charge in [0.15, 0.2) is 0 Å². The average Bonchev–Trinajstić information content (AvgIpc) is 1.50. The van der Waals surface area contributed by atoms with Crippen molar-refractivity contribution >= 4 is 192 Å². The Morgan fingerprint density at radius 1 is 0.171 bits per heavy atom. The highest BCUT2D eigenvalue weighted by Crippen LogP contribution is 2.64. The number of aromatic nitrogens is 6. The molecule has 0 N–H and O–H groups in total. The Labute approximate surface area is 853 Å². The molecular weight excluding hydrogens is 1830 g/mol. The summed E-state index contributed by atoms with van der Waals surface area (Å²) in [4.78, 5) is 33.1. The molecule has 6 nitrogen and oxygen atoms in total. The van der Waals surface area contributed by atoms with Crippen LogP contribution in [0.3, 0.4) is 0 Å². The summed E-state index contributed by atoms with van der Waals surface area (Å²) in [5, 5.41) is 21.8. The molecule has 0 atom stereocenters. The number of thiophene rings is 3. The molecule has 6 heterocycles. The topological polar surface area (TPSA) is 77.3 Å². The highest BCUT2D eigenvalue weighted by molar-refractivity contribution is 7.27. The predicted octanol–water partition coefficient (Wildman–Crippen LogP) is 37.8. The summed E-state index contributed by atoms with van der Waals surface area (Å²) in [6, 6.07) is 163. The van der Waals surface area contributed by atoms with Gasteiger partial charge in [-0.15, -0.1) is 34.0 Å². The minimum atomic E-state index is -0.467. The van der Waals surface area contributed by atoms with Gasteiger partial charge in [-0.25, -0.2) is 29.9 Å². The van der Waals surface area contributed by atoms with E-state index in [2.05, 4.69) is 477 Å². The second-order valence-corrected chi connectivity index (χ2v) is 42.0. The average molecular weight is 1910 g/mol. The molecule has 23 aromatic carbocycles. The zero-order valence-electron chi connectivity index (χ0n) is 80.1. The lowest BCUT2D eigenvalue weighted by Gasteiger charge is -2.30. The van der Waals surface area contributed by atoms with Crippen LogP contribution in [0.2, 0.25) is 0 Å². The van der Waals surface area contributed by atoms with Gasteiger partial charge in [0.2, 0.25) is 0 Å². The third-order valence-corrected chi connectivity index (χ3v) is 34.2. The Balaban J connectivity index is 0.000000107. The summed E-state index contributed by atoms with van der Waals surface area (Å²) < 4.78 is 7.89. The number of hydrogen-bond acceptors (Lipinski definition) is 9. The first-order valence-corrected chi connectivity index (χ1v) is 52.4. The molecule has 9 heteroatoms. The van der Waals surface area contributed by atoms with E-state index >= 15 is 0 Å². The van der Waals surface area contributed by atoms with Gasteiger partial charge >= 0.3 is 0 Å². The third-order valence-electron chi connectivity index (χ3n) is 30.6. The molecule has 0 saturated carbocycles. The van der Waals surface area contributed by atoms with Gasteiger partial charge in [-0.3, -0.25) is 0 Å². The van der Waals surface area contributed by atoms with Crippen LogP contribution in [-0.4, -0.2) is 29.9 Å². The maximum atomic E-state index is 5.80. The van der Waals surface area contributed by atoms with E-state index in [0.29, 0.717) is 0 Å². The van der Waals surface area contributed by atoms with Gasteiger partial charge in [-0.05, 0) is 185 Å². The largest absolute Gasteiger partial charge is 0.249 e. The van der Waals surface area contributed by atoms with Crippen LogP contribution >= 0.6 is 34.0 Å². The molecule has 31 rings (SSSR count). The van der Waals surface area contributed by atoms with Crippen LogP contribution in [-0.2, 0) is 5.41 Å². The van der Waals surface area contributed by atoms with Crippen molar-refractivity contribution in [2.24, 2.45) is 0 Å². The van der Waals surface area contributed by atoms with Crippen LogP contribution in [0.15, 0.2) is 449 Å². The Morgan fingerprint density at radius 3 is 0.815 bits per heavy atom. The Hall–Kier alpha value is -17.7. The highest BCUT2D eigenvalue weighted by atomic mass is 32.1. The number of hydrogen-bond donors (Lipinski definition) is 0.